The van der Waals surface area contributed by atoms with Crippen molar-refractivity contribution in [2.24, 2.45) is 4.99 Å². The molecule has 0 spiro atoms. The van der Waals surface area contributed by atoms with E-state index in [0.29, 0.717) is 30.4 Å². The number of likely N-dealkylation sites (tertiary alicyclic amines) is 1. The van der Waals surface area contributed by atoms with Gasteiger partial charge in [-0.3, -0.25) is 9.89 Å². The quantitative estimate of drug-likeness (QED) is 0.282. The van der Waals surface area contributed by atoms with Gasteiger partial charge in [0.05, 0.1) is 12.7 Å². The third kappa shape index (κ3) is 7.16. The molecule has 10 heteroatoms. The van der Waals surface area contributed by atoms with Crippen molar-refractivity contribution in [3.05, 3.63) is 59.2 Å². The van der Waals surface area contributed by atoms with Crippen LogP contribution < -0.4 is 15.4 Å². The highest BCUT2D eigenvalue weighted by Gasteiger charge is 2.30. The van der Waals surface area contributed by atoms with Gasteiger partial charge in [-0.1, -0.05) is 12.1 Å². The molecular weight excluding hydrogens is 536 g/mol. The Morgan fingerprint density at radius 3 is 2.56 bits per heavy atom. The maximum absolute atomic E-state index is 12.7. The monoisotopic (exact) mass is 564 g/mol. The number of aromatic hydroxyl groups is 1. The van der Waals surface area contributed by atoms with Crippen molar-refractivity contribution >= 4 is 29.9 Å². The lowest BCUT2D eigenvalue weighted by molar-refractivity contribution is -0.137. The van der Waals surface area contributed by atoms with Gasteiger partial charge in [0.1, 0.15) is 11.5 Å². The van der Waals surface area contributed by atoms with Gasteiger partial charge in [-0.05, 0) is 42.3 Å². The summed E-state index contributed by atoms with van der Waals surface area (Å²) in [5, 5.41) is 16.6. The normalized spacial score (nSPS) is 17.0. The summed E-state index contributed by atoms with van der Waals surface area (Å²) < 4.78 is 43.3. The molecule has 0 saturated carbocycles. The third-order valence-corrected chi connectivity index (χ3v) is 5.26. The smallest absolute Gasteiger partial charge is 0.416 e. The molecule has 1 atom stereocenters. The minimum absolute atomic E-state index is 0. The first kappa shape index (κ1) is 26.0. The number of nitrogens with zero attached hydrogens (tertiary/aromatic N) is 2. The average molecular weight is 564 g/mol. The summed E-state index contributed by atoms with van der Waals surface area (Å²) in [6.07, 6.45) is -3.42. The highest BCUT2D eigenvalue weighted by molar-refractivity contribution is 14.0. The molecular formula is C22H28F3IN4O2. The lowest BCUT2D eigenvalue weighted by Gasteiger charge is -2.19. The van der Waals surface area contributed by atoms with Crippen LogP contribution in [-0.2, 0) is 19.3 Å². The molecule has 3 N–H and O–H groups in total. The Morgan fingerprint density at radius 2 is 1.94 bits per heavy atom. The van der Waals surface area contributed by atoms with Gasteiger partial charge in [-0.2, -0.15) is 13.2 Å². The maximum Gasteiger partial charge on any atom is 0.416 e. The summed E-state index contributed by atoms with van der Waals surface area (Å²) in [4.78, 5) is 6.43. The Hall–Kier alpha value is -2.21. The van der Waals surface area contributed by atoms with Gasteiger partial charge in [0.25, 0.3) is 0 Å². The number of halogens is 4. The zero-order valence-electron chi connectivity index (χ0n) is 17.9. The second-order valence-corrected chi connectivity index (χ2v) is 7.48. The molecule has 0 aromatic heterocycles. The van der Waals surface area contributed by atoms with Gasteiger partial charge in [0.15, 0.2) is 5.96 Å². The summed E-state index contributed by atoms with van der Waals surface area (Å²) in [6.45, 7) is 2.57. The standard InChI is InChI=1S/C22H27F3N4O2.HI/c1-26-21(27-12-16-11-19(31-2)7-8-20(16)30)28-18-9-10-29(14-18)13-15-3-5-17(6-4-15)22(23,24)25;/h3-8,11,18,30H,9-10,12-14H2,1-2H3,(H2,26,27,28);1H. The summed E-state index contributed by atoms with van der Waals surface area (Å²) in [6, 6.07) is 10.5. The number of nitrogens with one attached hydrogen (secondary N) is 2. The van der Waals surface area contributed by atoms with E-state index in [9.17, 15) is 18.3 Å². The molecule has 1 aliphatic rings. The Bertz CT molecular complexity index is 907. The van der Waals surface area contributed by atoms with Crippen LogP contribution in [0.3, 0.4) is 0 Å². The van der Waals surface area contributed by atoms with E-state index in [0.717, 1.165) is 37.2 Å². The Morgan fingerprint density at radius 1 is 1.22 bits per heavy atom. The second kappa shape index (κ2) is 11.6. The van der Waals surface area contributed by atoms with E-state index in [1.54, 1.807) is 32.4 Å². The van der Waals surface area contributed by atoms with Crippen LogP contribution in [0.2, 0.25) is 0 Å². The molecule has 2 aromatic rings. The minimum atomic E-state index is -4.31. The molecule has 0 amide bonds. The molecule has 1 aliphatic heterocycles. The molecule has 2 aromatic carbocycles. The number of aliphatic imine (C=N–C) groups is 1. The highest BCUT2D eigenvalue weighted by Crippen LogP contribution is 2.29. The van der Waals surface area contributed by atoms with Crippen molar-refractivity contribution in [3.8, 4) is 11.5 Å². The number of methoxy groups -OCH3 is 1. The zero-order valence-corrected chi connectivity index (χ0v) is 20.3. The topological polar surface area (TPSA) is 69.1 Å². The van der Waals surface area contributed by atoms with E-state index in [-0.39, 0.29) is 35.8 Å². The number of alkyl halides is 3. The molecule has 32 heavy (non-hydrogen) atoms. The number of rotatable bonds is 6. The number of ether oxygens (including phenoxy) is 1. The summed E-state index contributed by atoms with van der Waals surface area (Å²) in [7, 11) is 3.25. The fraction of sp³-hybridized carbons (Fsp3) is 0.409. The van der Waals surface area contributed by atoms with Gasteiger partial charge in [0, 0.05) is 44.8 Å². The van der Waals surface area contributed by atoms with Crippen molar-refractivity contribution < 1.29 is 23.0 Å². The summed E-state index contributed by atoms with van der Waals surface area (Å²) in [5.41, 5.74) is 0.913. The molecule has 1 saturated heterocycles. The van der Waals surface area contributed by atoms with Gasteiger partial charge in [-0.15, -0.1) is 24.0 Å². The first-order valence-corrected chi connectivity index (χ1v) is 10.00. The first-order valence-electron chi connectivity index (χ1n) is 10.00. The van der Waals surface area contributed by atoms with Crippen LogP contribution in [-0.4, -0.2) is 49.3 Å². The fourth-order valence-electron chi connectivity index (χ4n) is 3.55. The van der Waals surface area contributed by atoms with Crippen molar-refractivity contribution in [1.29, 1.82) is 0 Å². The SMILES string of the molecule is CN=C(NCc1cc(OC)ccc1O)NC1CCN(Cc2ccc(C(F)(F)F)cc2)C1.I. The van der Waals surface area contributed by atoms with Crippen LogP contribution in [0.25, 0.3) is 0 Å². The van der Waals surface area contributed by atoms with Crippen molar-refractivity contribution in [2.45, 2.75) is 31.7 Å². The van der Waals surface area contributed by atoms with Crippen molar-refractivity contribution in [1.82, 2.24) is 15.5 Å². The Kier molecular flexibility index (Phi) is 9.44. The number of hydrogen-bond acceptors (Lipinski definition) is 4. The highest BCUT2D eigenvalue weighted by atomic mass is 127. The van der Waals surface area contributed by atoms with E-state index in [2.05, 4.69) is 20.5 Å². The lowest BCUT2D eigenvalue weighted by Crippen LogP contribution is -2.44. The van der Waals surface area contributed by atoms with Crippen LogP contribution in [0.4, 0.5) is 13.2 Å². The van der Waals surface area contributed by atoms with E-state index in [4.69, 9.17) is 4.74 Å². The minimum Gasteiger partial charge on any atom is -0.508 e. The number of phenols is 1. The largest absolute Gasteiger partial charge is 0.508 e. The zero-order chi connectivity index (χ0) is 22.4. The second-order valence-electron chi connectivity index (χ2n) is 7.48. The van der Waals surface area contributed by atoms with E-state index >= 15 is 0 Å². The fourth-order valence-corrected chi connectivity index (χ4v) is 3.55. The molecule has 3 rings (SSSR count). The number of guanidine groups is 1. The number of hydrogen-bond donors (Lipinski definition) is 3. The number of phenolic OH excluding ortho intramolecular Hbond substituents is 1. The Balaban J connectivity index is 0.00000363. The van der Waals surface area contributed by atoms with Gasteiger partial charge < -0.3 is 20.5 Å². The van der Waals surface area contributed by atoms with Crippen LogP contribution in [0.5, 0.6) is 11.5 Å². The van der Waals surface area contributed by atoms with Crippen molar-refractivity contribution in [2.75, 3.05) is 27.2 Å². The van der Waals surface area contributed by atoms with Gasteiger partial charge in [0.2, 0.25) is 0 Å². The van der Waals surface area contributed by atoms with E-state index < -0.39 is 11.7 Å². The molecule has 1 unspecified atom stereocenters. The molecule has 1 heterocycles. The average Bonchev–Trinajstić information content (AvgIpc) is 3.18. The molecule has 6 nitrogen and oxygen atoms in total. The predicted octanol–water partition coefficient (Wildman–Crippen LogP) is 3.98. The van der Waals surface area contributed by atoms with E-state index in [1.165, 1.54) is 12.1 Å². The summed E-state index contributed by atoms with van der Waals surface area (Å²) >= 11 is 0. The molecule has 176 valence electrons. The Labute approximate surface area is 202 Å². The van der Waals surface area contributed by atoms with Crippen LogP contribution in [0.1, 0.15) is 23.1 Å². The lowest BCUT2D eigenvalue weighted by atomic mass is 10.1. The third-order valence-electron chi connectivity index (χ3n) is 5.26. The molecule has 1 fully saturated rings. The molecule has 0 bridgehead atoms. The van der Waals surface area contributed by atoms with E-state index in [1.807, 2.05) is 0 Å². The van der Waals surface area contributed by atoms with Gasteiger partial charge >= 0.3 is 6.18 Å². The molecule has 0 radical (unpaired) electrons. The summed E-state index contributed by atoms with van der Waals surface area (Å²) in [5.74, 6) is 1.45. The maximum atomic E-state index is 12.7. The van der Waals surface area contributed by atoms with Crippen LogP contribution >= 0.6 is 24.0 Å². The molecule has 0 aliphatic carbocycles. The van der Waals surface area contributed by atoms with Gasteiger partial charge in [-0.25, -0.2) is 0 Å². The number of benzene rings is 2. The van der Waals surface area contributed by atoms with Crippen molar-refractivity contribution in [3.63, 3.8) is 0 Å². The predicted molar refractivity (Wildman–Crippen MR) is 129 cm³/mol. The van der Waals surface area contributed by atoms with Crippen LogP contribution in [0, 0.1) is 0 Å². The first-order chi connectivity index (χ1) is 14.8. The van der Waals surface area contributed by atoms with Crippen LogP contribution in [0.15, 0.2) is 47.5 Å².